The third kappa shape index (κ3) is 6.18. The molecule has 0 aliphatic heterocycles. The van der Waals surface area contributed by atoms with E-state index in [0.717, 1.165) is 11.1 Å². The van der Waals surface area contributed by atoms with Crippen molar-refractivity contribution in [3.63, 3.8) is 0 Å². The van der Waals surface area contributed by atoms with Gasteiger partial charge in [-0.1, -0.05) is 17.7 Å². The first-order chi connectivity index (χ1) is 14.1. The molecule has 0 aliphatic rings. The molecule has 0 bridgehead atoms. The number of benzene rings is 3. The van der Waals surface area contributed by atoms with Crippen molar-refractivity contribution < 1.29 is 23.2 Å². The molecule has 0 saturated heterocycles. The first-order valence-corrected chi connectivity index (χ1v) is 10.1. The van der Waals surface area contributed by atoms with Gasteiger partial charge < -0.3 is 10.2 Å². The van der Waals surface area contributed by atoms with Gasteiger partial charge in [-0.15, -0.1) is 10.2 Å². The zero-order chi connectivity index (χ0) is 21.9. The number of phenols is 2. The van der Waals surface area contributed by atoms with Gasteiger partial charge in [0.25, 0.3) is 10.1 Å². The second-order valence-corrected chi connectivity index (χ2v) is 7.88. The van der Waals surface area contributed by atoms with E-state index >= 15 is 0 Å². The molecule has 0 saturated carbocycles. The third-order valence-corrected chi connectivity index (χ3v) is 4.99. The van der Waals surface area contributed by atoms with Crippen molar-refractivity contribution in [1.82, 2.24) is 0 Å². The Kier molecular flexibility index (Phi) is 8.04. The van der Waals surface area contributed by atoms with Gasteiger partial charge in [-0.3, -0.25) is 4.55 Å². The van der Waals surface area contributed by atoms with Crippen LogP contribution in [0.2, 0.25) is 0 Å². The standard InChI is InChI=1S/C20H18N4O5S.Na.H/c1-12-3-8-16(13(2)11-12)22-24-19-18(25)10-9-17(20(19)26)23-21-14-4-6-15(7-5-14)30(27,28)29;;/h3-11,25-26H,1-2H3,(H,27,28,29);;/b23-21+,24-22+;;. The van der Waals surface area contributed by atoms with E-state index in [-0.39, 0.29) is 57.3 Å². The van der Waals surface area contributed by atoms with E-state index < -0.39 is 15.9 Å². The Morgan fingerprint density at radius 2 is 1.39 bits per heavy atom. The first-order valence-electron chi connectivity index (χ1n) is 8.68. The summed E-state index contributed by atoms with van der Waals surface area (Å²) in [6, 6.07) is 13.2. The van der Waals surface area contributed by atoms with E-state index in [1.54, 1.807) is 6.07 Å². The normalized spacial score (nSPS) is 11.7. The van der Waals surface area contributed by atoms with Crippen LogP contribution in [0, 0.1) is 13.8 Å². The Labute approximate surface area is 201 Å². The molecule has 0 fully saturated rings. The van der Waals surface area contributed by atoms with E-state index in [2.05, 4.69) is 20.5 Å². The summed E-state index contributed by atoms with van der Waals surface area (Å²) in [7, 11) is -4.30. The van der Waals surface area contributed by atoms with Crippen molar-refractivity contribution in [2.45, 2.75) is 18.7 Å². The number of rotatable bonds is 5. The van der Waals surface area contributed by atoms with Crippen LogP contribution in [0.25, 0.3) is 0 Å². The summed E-state index contributed by atoms with van der Waals surface area (Å²) < 4.78 is 31.1. The van der Waals surface area contributed by atoms with Crippen LogP contribution in [0.15, 0.2) is 79.9 Å². The molecule has 0 unspecified atom stereocenters. The minimum atomic E-state index is -4.30. The monoisotopic (exact) mass is 450 g/mol. The molecule has 0 atom stereocenters. The molecule has 0 aromatic heterocycles. The van der Waals surface area contributed by atoms with Crippen molar-refractivity contribution in [1.29, 1.82) is 0 Å². The average Bonchev–Trinajstić information content (AvgIpc) is 2.68. The third-order valence-electron chi connectivity index (χ3n) is 4.13. The second-order valence-electron chi connectivity index (χ2n) is 6.46. The van der Waals surface area contributed by atoms with E-state index in [1.165, 1.54) is 36.4 Å². The number of aromatic hydroxyl groups is 2. The molecule has 3 N–H and O–H groups in total. The molecular formula is C20H19N4NaO5S. The molecule has 3 aromatic rings. The number of aryl methyl sites for hydroxylation is 2. The Hall–Kier alpha value is -2.63. The molecule has 3 aromatic carbocycles. The van der Waals surface area contributed by atoms with E-state index in [4.69, 9.17) is 4.55 Å². The zero-order valence-corrected chi connectivity index (χ0v) is 16.9. The first kappa shape index (κ1) is 24.6. The molecule has 156 valence electrons. The van der Waals surface area contributed by atoms with Gasteiger partial charge >= 0.3 is 29.6 Å². The summed E-state index contributed by atoms with van der Waals surface area (Å²) in [6.07, 6.45) is 0. The van der Waals surface area contributed by atoms with Gasteiger partial charge in [0, 0.05) is 0 Å². The summed E-state index contributed by atoms with van der Waals surface area (Å²) in [5.41, 5.74) is 2.71. The van der Waals surface area contributed by atoms with Crippen molar-refractivity contribution in [2.24, 2.45) is 20.5 Å². The molecule has 0 heterocycles. The van der Waals surface area contributed by atoms with Gasteiger partial charge in [0.15, 0.2) is 11.4 Å². The fraction of sp³-hybridized carbons (Fsp3) is 0.100. The molecule has 3 rings (SSSR count). The van der Waals surface area contributed by atoms with Gasteiger partial charge in [0.05, 0.1) is 16.3 Å². The van der Waals surface area contributed by atoms with Gasteiger partial charge in [-0.25, -0.2) is 0 Å². The fourth-order valence-corrected chi connectivity index (χ4v) is 3.04. The molecule has 0 aliphatic carbocycles. The van der Waals surface area contributed by atoms with Crippen molar-refractivity contribution in [3.8, 4) is 11.5 Å². The molecule has 0 radical (unpaired) electrons. The predicted molar refractivity (Wildman–Crippen MR) is 117 cm³/mol. The number of nitrogens with zero attached hydrogens (tertiary/aromatic N) is 4. The minimum absolute atomic E-state index is 0. The van der Waals surface area contributed by atoms with Crippen LogP contribution in [-0.4, -0.2) is 52.7 Å². The van der Waals surface area contributed by atoms with Gasteiger partial charge in [0.2, 0.25) is 0 Å². The number of hydrogen-bond acceptors (Lipinski definition) is 8. The Balaban J connectivity index is 0.00000341. The predicted octanol–water partition coefficient (Wildman–Crippen LogP) is 5.14. The maximum atomic E-state index is 11.1. The quantitative estimate of drug-likeness (QED) is 0.280. The van der Waals surface area contributed by atoms with Crippen LogP contribution < -0.4 is 0 Å². The van der Waals surface area contributed by atoms with Gasteiger partial charge in [-0.05, 0) is 61.9 Å². The van der Waals surface area contributed by atoms with Crippen LogP contribution in [-0.2, 0) is 10.1 Å². The summed E-state index contributed by atoms with van der Waals surface area (Å²) >= 11 is 0. The summed E-state index contributed by atoms with van der Waals surface area (Å²) in [5, 5.41) is 36.3. The van der Waals surface area contributed by atoms with Crippen LogP contribution >= 0.6 is 0 Å². The topological polar surface area (TPSA) is 144 Å². The maximum absolute atomic E-state index is 11.1. The van der Waals surface area contributed by atoms with E-state index in [1.807, 2.05) is 26.0 Å². The van der Waals surface area contributed by atoms with E-state index in [0.29, 0.717) is 5.69 Å². The molecule has 31 heavy (non-hydrogen) atoms. The zero-order valence-electron chi connectivity index (χ0n) is 16.1. The number of hydrogen-bond donors (Lipinski definition) is 3. The Morgan fingerprint density at radius 1 is 0.774 bits per heavy atom. The summed E-state index contributed by atoms with van der Waals surface area (Å²) in [5.74, 6) is -0.695. The fourth-order valence-electron chi connectivity index (χ4n) is 2.56. The molecule has 9 nitrogen and oxygen atoms in total. The van der Waals surface area contributed by atoms with Crippen LogP contribution in [0.3, 0.4) is 0 Å². The van der Waals surface area contributed by atoms with Crippen LogP contribution in [0.4, 0.5) is 22.7 Å². The van der Waals surface area contributed by atoms with Crippen LogP contribution in [0.5, 0.6) is 11.5 Å². The Morgan fingerprint density at radius 3 is 2.00 bits per heavy atom. The van der Waals surface area contributed by atoms with Crippen LogP contribution in [0.1, 0.15) is 11.1 Å². The summed E-state index contributed by atoms with van der Waals surface area (Å²) in [4.78, 5) is -0.275. The van der Waals surface area contributed by atoms with Crippen molar-refractivity contribution >= 4 is 62.4 Å². The second kappa shape index (κ2) is 10.1. The van der Waals surface area contributed by atoms with Gasteiger partial charge in [-0.2, -0.15) is 18.6 Å². The molecule has 0 spiro atoms. The van der Waals surface area contributed by atoms with E-state index in [9.17, 15) is 18.6 Å². The Bertz CT molecular complexity index is 1260. The van der Waals surface area contributed by atoms with Crippen molar-refractivity contribution in [3.05, 3.63) is 65.7 Å². The molecular weight excluding hydrogens is 431 g/mol. The SMILES string of the molecule is Cc1ccc(/N=N/c2c(O)ccc(/N=N/c3ccc(S(=O)(=O)O)cc3)c2O)c(C)c1.[NaH]. The average molecular weight is 450 g/mol. The molecule has 11 heteroatoms. The van der Waals surface area contributed by atoms with Crippen molar-refractivity contribution in [2.75, 3.05) is 0 Å². The number of azo groups is 2. The summed E-state index contributed by atoms with van der Waals surface area (Å²) in [6.45, 7) is 3.83. The number of phenolic OH excluding ortho intramolecular Hbond substituents is 2. The molecule has 0 amide bonds. The van der Waals surface area contributed by atoms with Gasteiger partial charge in [0.1, 0.15) is 11.4 Å².